The number of anilines is 2. The molecule has 0 radical (unpaired) electrons. The lowest BCUT2D eigenvalue weighted by molar-refractivity contribution is -0.122. The molecule has 0 unspecified atom stereocenters. The molecule has 188 valence electrons. The molecule has 3 aromatic rings. The summed E-state index contributed by atoms with van der Waals surface area (Å²) in [5, 5.41) is 5.02. The van der Waals surface area contributed by atoms with Gasteiger partial charge in [-0.2, -0.15) is 0 Å². The summed E-state index contributed by atoms with van der Waals surface area (Å²) in [7, 11) is 1.50. The summed E-state index contributed by atoms with van der Waals surface area (Å²) >= 11 is 0. The maximum atomic E-state index is 13.0. The van der Waals surface area contributed by atoms with E-state index < -0.39 is 17.8 Å². The normalized spacial score (nSPS) is 14.4. The lowest BCUT2D eigenvalue weighted by Crippen LogP contribution is -2.54. The highest BCUT2D eigenvalue weighted by molar-refractivity contribution is 6.39. The number of benzene rings is 3. The first kappa shape index (κ1) is 25.2. The second-order valence-corrected chi connectivity index (χ2v) is 8.31. The van der Waals surface area contributed by atoms with Crippen LogP contribution < -0.4 is 25.0 Å². The van der Waals surface area contributed by atoms with Gasteiger partial charge in [-0.15, -0.1) is 0 Å². The molecule has 1 heterocycles. The molecule has 1 saturated heterocycles. The van der Waals surface area contributed by atoms with Crippen molar-refractivity contribution in [2.24, 2.45) is 0 Å². The van der Waals surface area contributed by atoms with Gasteiger partial charge in [0.25, 0.3) is 17.7 Å². The van der Waals surface area contributed by atoms with E-state index in [4.69, 9.17) is 9.47 Å². The van der Waals surface area contributed by atoms with E-state index in [0.717, 1.165) is 21.7 Å². The van der Waals surface area contributed by atoms with Gasteiger partial charge >= 0.3 is 6.03 Å². The Morgan fingerprint density at radius 1 is 0.946 bits per heavy atom. The summed E-state index contributed by atoms with van der Waals surface area (Å²) in [5.74, 6) is -0.837. The summed E-state index contributed by atoms with van der Waals surface area (Å²) < 4.78 is 10.7. The Morgan fingerprint density at radius 3 is 2.30 bits per heavy atom. The van der Waals surface area contributed by atoms with E-state index in [2.05, 4.69) is 10.6 Å². The predicted molar refractivity (Wildman–Crippen MR) is 138 cm³/mol. The second-order valence-electron chi connectivity index (χ2n) is 8.31. The van der Waals surface area contributed by atoms with Crippen LogP contribution in [0.2, 0.25) is 0 Å². The molecule has 0 spiro atoms. The van der Waals surface area contributed by atoms with Crippen molar-refractivity contribution in [1.82, 2.24) is 5.32 Å². The van der Waals surface area contributed by atoms with E-state index in [1.807, 2.05) is 32.0 Å². The Bertz CT molecular complexity index is 1390. The number of aryl methyl sites for hydroxylation is 1. The van der Waals surface area contributed by atoms with E-state index in [9.17, 15) is 19.2 Å². The molecule has 9 nitrogen and oxygen atoms in total. The van der Waals surface area contributed by atoms with Crippen molar-refractivity contribution in [3.63, 3.8) is 0 Å². The van der Waals surface area contributed by atoms with Crippen LogP contribution in [0.3, 0.4) is 0 Å². The van der Waals surface area contributed by atoms with Gasteiger partial charge in [0.2, 0.25) is 0 Å². The first-order chi connectivity index (χ1) is 17.8. The van der Waals surface area contributed by atoms with Gasteiger partial charge in [0.05, 0.1) is 12.8 Å². The van der Waals surface area contributed by atoms with Crippen molar-refractivity contribution in [2.75, 3.05) is 23.9 Å². The van der Waals surface area contributed by atoms with Crippen LogP contribution >= 0.6 is 0 Å². The number of hydrogen-bond acceptors (Lipinski definition) is 6. The van der Waals surface area contributed by atoms with E-state index >= 15 is 0 Å². The first-order valence-corrected chi connectivity index (χ1v) is 11.4. The third-order valence-electron chi connectivity index (χ3n) is 5.87. The van der Waals surface area contributed by atoms with Crippen molar-refractivity contribution in [3.8, 4) is 11.5 Å². The number of ether oxygens (including phenoxy) is 2. The van der Waals surface area contributed by atoms with Crippen molar-refractivity contribution in [2.45, 2.75) is 13.8 Å². The average molecular weight is 500 g/mol. The maximum Gasteiger partial charge on any atom is 0.335 e. The fraction of sp³-hybridized carbons (Fsp3) is 0.143. The summed E-state index contributed by atoms with van der Waals surface area (Å²) in [6.45, 7) is 3.72. The van der Waals surface area contributed by atoms with Gasteiger partial charge in [-0.05, 0) is 79.1 Å². The summed E-state index contributed by atoms with van der Waals surface area (Å²) in [6.07, 6.45) is 1.39. The topological polar surface area (TPSA) is 114 Å². The zero-order chi connectivity index (χ0) is 26.5. The molecule has 0 atom stereocenters. The SMILES string of the molecule is COc1ccc(N2C(=O)NC(=O)/C(=C\c3ccc(OCC(=O)Nc4cccc(C)c4C)cc3)C2=O)cc1. The Labute approximate surface area is 213 Å². The molecule has 4 rings (SSSR count). The molecule has 5 amide bonds. The average Bonchev–Trinajstić information content (AvgIpc) is 2.89. The highest BCUT2D eigenvalue weighted by Crippen LogP contribution is 2.25. The number of nitrogens with one attached hydrogen (secondary N) is 2. The largest absolute Gasteiger partial charge is 0.497 e. The van der Waals surface area contributed by atoms with Crippen LogP contribution in [0, 0.1) is 13.8 Å². The van der Waals surface area contributed by atoms with Crippen LogP contribution in [0.5, 0.6) is 11.5 Å². The Balaban J connectivity index is 1.43. The quantitative estimate of drug-likeness (QED) is 0.375. The predicted octanol–water partition coefficient (Wildman–Crippen LogP) is 4.00. The number of carbonyl (C=O) groups is 4. The van der Waals surface area contributed by atoms with Gasteiger partial charge in [-0.25, -0.2) is 9.69 Å². The van der Waals surface area contributed by atoms with Crippen LogP contribution in [0.15, 0.2) is 72.3 Å². The van der Waals surface area contributed by atoms with Crippen LogP contribution in [-0.2, 0) is 14.4 Å². The third-order valence-corrected chi connectivity index (χ3v) is 5.87. The Kier molecular flexibility index (Phi) is 7.34. The van der Waals surface area contributed by atoms with Crippen molar-refractivity contribution in [3.05, 3.63) is 89.0 Å². The molecule has 2 N–H and O–H groups in total. The number of barbiturate groups is 1. The van der Waals surface area contributed by atoms with E-state index in [0.29, 0.717) is 22.7 Å². The lowest BCUT2D eigenvalue weighted by Gasteiger charge is -2.26. The Morgan fingerprint density at radius 2 is 1.62 bits per heavy atom. The molecule has 3 aromatic carbocycles. The maximum absolute atomic E-state index is 13.0. The molecule has 1 aliphatic heterocycles. The van der Waals surface area contributed by atoms with Gasteiger partial charge in [-0.3, -0.25) is 19.7 Å². The van der Waals surface area contributed by atoms with Crippen LogP contribution in [0.1, 0.15) is 16.7 Å². The smallest absolute Gasteiger partial charge is 0.335 e. The zero-order valence-corrected chi connectivity index (χ0v) is 20.5. The monoisotopic (exact) mass is 499 g/mol. The number of amides is 5. The minimum absolute atomic E-state index is 0.187. The van der Waals surface area contributed by atoms with Crippen molar-refractivity contribution < 1.29 is 28.7 Å². The zero-order valence-electron chi connectivity index (χ0n) is 20.5. The highest BCUT2D eigenvalue weighted by Gasteiger charge is 2.36. The van der Waals surface area contributed by atoms with Crippen LogP contribution in [0.4, 0.5) is 16.2 Å². The minimum Gasteiger partial charge on any atom is -0.497 e. The van der Waals surface area contributed by atoms with Gasteiger partial charge in [0.1, 0.15) is 17.1 Å². The standard InChI is InChI=1S/C28H25N3O6/c1-17-5-4-6-24(18(17)2)29-25(32)16-37-22-11-7-19(8-12-22)15-23-26(33)30-28(35)31(27(23)34)20-9-13-21(36-3)14-10-20/h4-15H,16H2,1-3H3,(H,29,32)(H,30,33,35)/b23-15+. The molecule has 0 bridgehead atoms. The highest BCUT2D eigenvalue weighted by atomic mass is 16.5. The number of urea groups is 1. The van der Waals surface area contributed by atoms with Crippen molar-refractivity contribution in [1.29, 1.82) is 0 Å². The molecule has 0 aliphatic carbocycles. The van der Waals surface area contributed by atoms with E-state index in [-0.39, 0.29) is 18.1 Å². The number of hydrogen-bond donors (Lipinski definition) is 2. The summed E-state index contributed by atoms with van der Waals surface area (Å²) in [5.41, 5.74) is 3.43. The van der Waals surface area contributed by atoms with Gasteiger partial charge < -0.3 is 14.8 Å². The lowest BCUT2D eigenvalue weighted by atomic mass is 10.1. The fourth-order valence-electron chi connectivity index (χ4n) is 3.67. The number of carbonyl (C=O) groups excluding carboxylic acids is 4. The Hall–Kier alpha value is -4.92. The fourth-order valence-corrected chi connectivity index (χ4v) is 3.67. The van der Waals surface area contributed by atoms with Gasteiger partial charge in [-0.1, -0.05) is 24.3 Å². The third kappa shape index (κ3) is 5.67. The second kappa shape index (κ2) is 10.8. The number of nitrogens with zero attached hydrogens (tertiary/aromatic N) is 1. The number of methoxy groups -OCH3 is 1. The van der Waals surface area contributed by atoms with Gasteiger partial charge in [0, 0.05) is 5.69 Å². The number of rotatable bonds is 7. The molecule has 0 aromatic heterocycles. The van der Waals surface area contributed by atoms with E-state index in [1.165, 1.54) is 13.2 Å². The molecular formula is C28H25N3O6. The first-order valence-electron chi connectivity index (χ1n) is 11.4. The summed E-state index contributed by atoms with van der Waals surface area (Å²) in [6, 6.07) is 17.7. The molecule has 1 fully saturated rings. The van der Waals surface area contributed by atoms with Gasteiger partial charge in [0.15, 0.2) is 6.61 Å². The molecular weight excluding hydrogens is 474 g/mol. The molecule has 1 aliphatic rings. The minimum atomic E-state index is -0.833. The molecule has 37 heavy (non-hydrogen) atoms. The van der Waals surface area contributed by atoms with Crippen LogP contribution in [0.25, 0.3) is 6.08 Å². The molecule has 0 saturated carbocycles. The van der Waals surface area contributed by atoms with Crippen LogP contribution in [-0.4, -0.2) is 37.5 Å². The number of imide groups is 2. The van der Waals surface area contributed by atoms with Crippen molar-refractivity contribution >= 4 is 41.2 Å². The molecule has 9 heteroatoms. The van der Waals surface area contributed by atoms with E-state index in [1.54, 1.807) is 48.5 Å². The summed E-state index contributed by atoms with van der Waals surface area (Å²) in [4.78, 5) is 51.0.